The van der Waals surface area contributed by atoms with Crippen LogP contribution >= 0.6 is 0 Å². The predicted octanol–water partition coefficient (Wildman–Crippen LogP) is 0.312. The van der Waals surface area contributed by atoms with Crippen LogP contribution in [0.1, 0.15) is 29.8 Å². The molecule has 1 aromatic rings. The zero-order chi connectivity index (χ0) is 15.5. The minimum Gasteiger partial charge on any atom is -0.383 e. The number of methoxy groups -OCH3 is 1. The molecule has 118 valence electrons. The van der Waals surface area contributed by atoms with E-state index >= 15 is 0 Å². The lowest BCUT2D eigenvalue weighted by Gasteiger charge is -2.09. The number of nitrogens with zero attached hydrogens (tertiary/aromatic N) is 1. The number of rotatable bonds is 8. The lowest BCUT2D eigenvalue weighted by Crippen LogP contribution is -2.27. The van der Waals surface area contributed by atoms with E-state index in [0.29, 0.717) is 19.7 Å². The maximum absolute atomic E-state index is 12.2. The Hall–Kier alpha value is -1.38. The van der Waals surface area contributed by atoms with Crippen molar-refractivity contribution in [3.63, 3.8) is 0 Å². The number of hydrogen-bond acceptors (Lipinski definition) is 4. The Morgan fingerprint density at radius 2 is 2.24 bits per heavy atom. The van der Waals surface area contributed by atoms with Gasteiger partial charge in [0, 0.05) is 26.4 Å². The van der Waals surface area contributed by atoms with Crippen molar-refractivity contribution in [3.8, 4) is 0 Å². The molecule has 1 saturated carbocycles. The molecule has 0 spiro atoms. The topological polar surface area (TPSA) is 103 Å². The van der Waals surface area contributed by atoms with Crippen molar-refractivity contribution in [3.05, 3.63) is 18.0 Å². The maximum atomic E-state index is 12.2. The molecule has 1 aliphatic carbocycles. The fourth-order valence-corrected chi connectivity index (χ4v) is 2.64. The van der Waals surface area contributed by atoms with Crippen LogP contribution in [0.2, 0.25) is 0 Å². The number of ether oxygens (including phenoxy) is 1. The van der Waals surface area contributed by atoms with Crippen LogP contribution in [0.4, 0.5) is 0 Å². The summed E-state index contributed by atoms with van der Waals surface area (Å²) in [5, 5.41) is 7.93. The number of nitrogens with two attached hydrogens (primary N) is 1. The highest BCUT2D eigenvalue weighted by molar-refractivity contribution is 7.89. The molecule has 0 unspecified atom stereocenters. The summed E-state index contributed by atoms with van der Waals surface area (Å²) < 4.78 is 29.3. The van der Waals surface area contributed by atoms with Crippen molar-refractivity contribution >= 4 is 15.9 Å². The zero-order valence-electron chi connectivity index (χ0n) is 12.0. The van der Waals surface area contributed by atoms with Gasteiger partial charge in [-0.1, -0.05) is 12.8 Å². The molecule has 0 aliphatic heterocycles. The van der Waals surface area contributed by atoms with Crippen LogP contribution in [-0.2, 0) is 21.3 Å². The van der Waals surface area contributed by atoms with Crippen molar-refractivity contribution < 1.29 is 17.9 Å². The third-order valence-electron chi connectivity index (χ3n) is 3.50. The molecule has 0 bridgehead atoms. The Morgan fingerprint density at radius 1 is 1.52 bits per heavy atom. The van der Waals surface area contributed by atoms with Gasteiger partial charge in [0.15, 0.2) is 0 Å². The first-order valence-corrected chi connectivity index (χ1v) is 8.46. The van der Waals surface area contributed by atoms with Gasteiger partial charge in [0.2, 0.25) is 10.0 Å². The Morgan fingerprint density at radius 3 is 2.81 bits per heavy atom. The van der Waals surface area contributed by atoms with Crippen molar-refractivity contribution in [2.24, 2.45) is 11.1 Å². The highest BCUT2D eigenvalue weighted by Crippen LogP contribution is 2.31. The molecule has 2 rings (SSSR count). The number of aromatic nitrogens is 1. The van der Waals surface area contributed by atoms with E-state index in [2.05, 4.69) is 5.32 Å². The van der Waals surface area contributed by atoms with Crippen molar-refractivity contribution in [2.45, 2.75) is 30.7 Å². The van der Waals surface area contributed by atoms with Gasteiger partial charge >= 0.3 is 0 Å². The van der Waals surface area contributed by atoms with Crippen LogP contribution < -0.4 is 10.5 Å². The molecule has 1 fully saturated rings. The van der Waals surface area contributed by atoms with Gasteiger partial charge in [0.05, 0.1) is 6.61 Å². The van der Waals surface area contributed by atoms with Crippen LogP contribution in [0.25, 0.3) is 0 Å². The van der Waals surface area contributed by atoms with Gasteiger partial charge in [-0.2, -0.15) is 0 Å². The molecule has 0 atom stereocenters. The van der Waals surface area contributed by atoms with E-state index in [1.807, 2.05) is 0 Å². The Balaban J connectivity index is 2.09. The zero-order valence-corrected chi connectivity index (χ0v) is 12.9. The lowest BCUT2D eigenvalue weighted by molar-refractivity contribution is 0.0940. The van der Waals surface area contributed by atoms with Crippen LogP contribution in [0.15, 0.2) is 17.2 Å². The SMILES string of the molecule is COCCn1cc(S(N)(=O)=O)cc1C(=O)NCCC1CC1. The molecular weight excluding hydrogens is 294 g/mol. The van der Waals surface area contributed by atoms with E-state index in [1.54, 1.807) is 11.7 Å². The minimum atomic E-state index is -3.83. The summed E-state index contributed by atoms with van der Waals surface area (Å²) in [5.74, 6) is 0.437. The number of carbonyl (C=O) groups excluding carboxylic acids is 1. The van der Waals surface area contributed by atoms with Crippen LogP contribution in [0.3, 0.4) is 0 Å². The van der Waals surface area contributed by atoms with E-state index in [1.165, 1.54) is 25.1 Å². The molecule has 1 aliphatic rings. The molecule has 7 nitrogen and oxygen atoms in total. The molecule has 0 radical (unpaired) electrons. The second-order valence-corrected chi connectivity index (χ2v) is 6.84. The first kappa shape index (κ1) is 16.0. The summed E-state index contributed by atoms with van der Waals surface area (Å²) in [6, 6.07) is 1.30. The molecule has 1 aromatic heterocycles. The number of primary sulfonamides is 1. The summed E-state index contributed by atoms with van der Waals surface area (Å²) in [5.41, 5.74) is 0.284. The summed E-state index contributed by atoms with van der Waals surface area (Å²) in [6.07, 6.45) is 4.79. The Bertz CT molecular complexity index is 605. The summed E-state index contributed by atoms with van der Waals surface area (Å²) in [4.78, 5) is 12.1. The average Bonchev–Trinajstić information content (AvgIpc) is 3.12. The van der Waals surface area contributed by atoms with Gasteiger partial charge in [-0.05, 0) is 18.4 Å². The fourth-order valence-electron chi connectivity index (χ4n) is 2.09. The number of hydrogen-bond donors (Lipinski definition) is 2. The van der Waals surface area contributed by atoms with Gasteiger partial charge in [0.1, 0.15) is 10.6 Å². The summed E-state index contributed by atoms with van der Waals surface area (Å²) in [6.45, 7) is 1.36. The quantitative estimate of drug-likeness (QED) is 0.720. The number of amides is 1. The highest BCUT2D eigenvalue weighted by Gasteiger charge is 2.22. The Kier molecular flexibility index (Phi) is 5.02. The largest absolute Gasteiger partial charge is 0.383 e. The normalized spacial score (nSPS) is 15.1. The first-order chi connectivity index (χ1) is 9.91. The smallest absolute Gasteiger partial charge is 0.267 e. The molecular formula is C13H21N3O4S. The van der Waals surface area contributed by atoms with Gasteiger partial charge < -0.3 is 14.6 Å². The third kappa shape index (κ3) is 4.55. The molecule has 0 aromatic carbocycles. The minimum absolute atomic E-state index is 0.0639. The van der Waals surface area contributed by atoms with Crippen molar-refractivity contribution in [1.29, 1.82) is 0 Å². The van der Waals surface area contributed by atoms with Crippen molar-refractivity contribution in [2.75, 3.05) is 20.3 Å². The summed E-state index contributed by atoms with van der Waals surface area (Å²) in [7, 11) is -2.29. The van der Waals surface area contributed by atoms with Gasteiger partial charge in [-0.15, -0.1) is 0 Å². The second-order valence-electron chi connectivity index (χ2n) is 5.28. The highest BCUT2D eigenvalue weighted by atomic mass is 32.2. The van der Waals surface area contributed by atoms with Crippen LogP contribution in [-0.4, -0.2) is 39.2 Å². The third-order valence-corrected chi connectivity index (χ3v) is 4.38. The predicted molar refractivity (Wildman–Crippen MR) is 77.4 cm³/mol. The molecule has 1 heterocycles. The molecule has 8 heteroatoms. The molecule has 1 amide bonds. The maximum Gasteiger partial charge on any atom is 0.267 e. The van der Waals surface area contributed by atoms with E-state index in [0.717, 1.165) is 12.3 Å². The standard InChI is InChI=1S/C13H21N3O4S/c1-20-7-6-16-9-11(21(14,18)19)8-12(16)13(17)15-5-4-10-2-3-10/h8-10H,2-7H2,1H3,(H,15,17)(H2,14,18,19). The second kappa shape index (κ2) is 6.59. The van der Waals surface area contributed by atoms with E-state index in [-0.39, 0.29) is 16.5 Å². The molecule has 3 N–H and O–H groups in total. The molecule has 0 saturated heterocycles. The molecule has 21 heavy (non-hydrogen) atoms. The first-order valence-electron chi connectivity index (χ1n) is 6.92. The van der Waals surface area contributed by atoms with Crippen LogP contribution in [0.5, 0.6) is 0 Å². The monoisotopic (exact) mass is 315 g/mol. The number of nitrogens with one attached hydrogen (secondary N) is 1. The van der Waals surface area contributed by atoms with Crippen LogP contribution in [0, 0.1) is 5.92 Å². The van der Waals surface area contributed by atoms with Gasteiger partial charge in [-0.3, -0.25) is 4.79 Å². The number of sulfonamides is 1. The van der Waals surface area contributed by atoms with Gasteiger partial charge in [0.25, 0.3) is 5.91 Å². The van der Waals surface area contributed by atoms with E-state index in [9.17, 15) is 13.2 Å². The Labute approximate surface area is 124 Å². The fraction of sp³-hybridized carbons (Fsp3) is 0.615. The van der Waals surface area contributed by atoms with Crippen molar-refractivity contribution in [1.82, 2.24) is 9.88 Å². The van der Waals surface area contributed by atoms with E-state index < -0.39 is 10.0 Å². The summed E-state index contributed by atoms with van der Waals surface area (Å²) >= 11 is 0. The number of carbonyl (C=O) groups is 1. The van der Waals surface area contributed by atoms with Gasteiger partial charge in [-0.25, -0.2) is 13.6 Å². The average molecular weight is 315 g/mol. The van der Waals surface area contributed by atoms with E-state index in [4.69, 9.17) is 9.88 Å². The lowest BCUT2D eigenvalue weighted by atomic mass is 10.3.